The maximum Gasteiger partial charge on any atom is 0.190 e. The van der Waals surface area contributed by atoms with Crippen molar-refractivity contribution in [2.45, 2.75) is 0 Å². The van der Waals surface area contributed by atoms with Crippen LogP contribution in [0.15, 0.2) is 36.9 Å². The maximum atomic E-state index is 4.11. The van der Waals surface area contributed by atoms with Crippen LogP contribution in [0.5, 0.6) is 0 Å². The molecular formula is C9H6IN3. The highest BCUT2D eigenvalue weighted by molar-refractivity contribution is 14.1. The average molecular weight is 283 g/mol. The molecule has 0 bridgehead atoms. The van der Waals surface area contributed by atoms with Crippen molar-refractivity contribution in [2.75, 3.05) is 0 Å². The lowest BCUT2D eigenvalue weighted by Crippen LogP contribution is -1.87. The third-order valence-corrected chi connectivity index (χ3v) is 2.19. The molecule has 0 unspecified atom stereocenters. The molecule has 0 saturated carbocycles. The van der Waals surface area contributed by atoms with Gasteiger partial charge in [-0.2, -0.15) is 0 Å². The number of halogens is 1. The average Bonchev–Trinajstić information content (AvgIpc) is 2.20. The Morgan fingerprint density at radius 2 is 1.54 bits per heavy atom. The van der Waals surface area contributed by atoms with Crippen molar-refractivity contribution >= 4 is 22.6 Å². The summed E-state index contributed by atoms with van der Waals surface area (Å²) in [6.45, 7) is 0. The largest absolute Gasteiger partial charge is 0.265 e. The van der Waals surface area contributed by atoms with Crippen LogP contribution in [0.2, 0.25) is 0 Å². The fourth-order valence-electron chi connectivity index (χ4n) is 1.01. The van der Waals surface area contributed by atoms with Crippen LogP contribution in [0, 0.1) is 3.83 Å². The van der Waals surface area contributed by atoms with Crippen LogP contribution >= 0.6 is 22.6 Å². The molecule has 2 heterocycles. The van der Waals surface area contributed by atoms with Crippen LogP contribution in [-0.2, 0) is 0 Å². The zero-order valence-electron chi connectivity index (χ0n) is 6.68. The molecule has 0 N–H and O–H groups in total. The third kappa shape index (κ3) is 2.00. The molecule has 2 rings (SSSR count). The Morgan fingerprint density at radius 3 is 2.15 bits per heavy atom. The molecule has 0 aromatic carbocycles. The van der Waals surface area contributed by atoms with Crippen molar-refractivity contribution in [3.05, 3.63) is 40.8 Å². The van der Waals surface area contributed by atoms with E-state index in [-0.39, 0.29) is 0 Å². The van der Waals surface area contributed by atoms with Crippen molar-refractivity contribution in [1.82, 2.24) is 15.0 Å². The molecular weight excluding hydrogens is 277 g/mol. The number of rotatable bonds is 1. The molecule has 2 aromatic rings. The Kier molecular flexibility index (Phi) is 2.49. The molecule has 2 aromatic heterocycles. The second-order valence-electron chi connectivity index (χ2n) is 2.48. The molecule has 0 saturated heterocycles. The summed E-state index contributed by atoms with van der Waals surface area (Å²) in [6, 6.07) is 3.87. The Balaban J connectivity index is 2.42. The minimum atomic E-state index is 0.760. The summed E-state index contributed by atoms with van der Waals surface area (Å²) in [5.74, 6) is 0. The SMILES string of the molecule is Ic1ncc(-c2ccncc2)cn1. The first kappa shape index (κ1) is 8.55. The first-order valence-electron chi connectivity index (χ1n) is 3.74. The van der Waals surface area contributed by atoms with Gasteiger partial charge in [-0.25, -0.2) is 9.97 Å². The standard InChI is InChI=1S/C9H6IN3/c10-9-12-5-8(6-13-9)7-1-3-11-4-2-7/h1-6H. The summed E-state index contributed by atoms with van der Waals surface area (Å²) in [5.41, 5.74) is 2.11. The first-order valence-corrected chi connectivity index (χ1v) is 4.82. The lowest BCUT2D eigenvalue weighted by molar-refractivity contribution is 1.11. The van der Waals surface area contributed by atoms with E-state index in [0.717, 1.165) is 15.0 Å². The van der Waals surface area contributed by atoms with E-state index in [1.165, 1.54) is 0 Å². The van der Waals surface area contributed by atoms with Gasteiger partial charge in [-0.15, -0.1) is 0 Å². The number of aromatic nitrogens is 3. The van der Waals surface area contributed by atoms with Crippen LogP contribution in [0.3, 0.4) is 0 Å². The van der Waals surface area contributed by atoms with Crippen molar-refractivity contribution in [3.63, 3.8) is 0 Å². The van der Waals surface area contributed by atoms with Gasteiger partial charge in [0.2, 0.25) is 0 Å². The molecule has 0 amide bonds. The monoisotopic (exact) mass is 283 g/mol. The summed E-state index contributed by atoms with van der Waals surface area (Å²) in [6.07, 6.45) is 7.13. The molecule has 0 aliphatic heterocycles. The van der Waals surface area contributed by atoms with Crippen LogP contribution in [0.1, 0.15) is 0 Å². The third-order valence-electron chi connectivity index (χ3n) is 1.63. The number of hydrogen-bond donors (Lipinski definition) is 0. The smallest absolute Gasteiger partial charge is 0.190 e. The number of pyridine rings is 1. The summed E-state index contributed by atoms with van der Waals surface area (Å²) in [5, 5.41) is 0. The fraction of sp³-hybridized carbons (Fsp3) is 0. The van der Waals surface area contributed by atoms with E-state index >= 15 is 0 Å². The molecule has 0 spiro atoms. The van der Waals surface area contributed by atoms with Gasteiger partial charge in [0.05, 0.1) is 0 Å². The maximum absolute atomic E-state index is 4.11. The summed E-state index contributed by atoms with van der Waals surface area (Å²) < 4.78 is 0.760. The van der Waals surface area contributed by atoms with Gasteiger partial charge in [-0.1, -0.05) is 0 Å². The second kappa shape index (κ2) is 3.78. The van der Waals surface area contributed by atoms with Gasteiger partial charge in [-0.05, 0) is 17.7 Å². The van der Waals surface area contributed by atoms with Crippen molar-refractivity contribution in [3.8, 4) is 11.1 Å². The van der Waals surface area contributed by atoms with E-state index < -0.39 is 0 Å². The number of nitrogens with zero attached hydrogens (tertiary/aromatic N) is 3. The van der Waals surface area contributed by atoms with Gasteiger partial charge in [0, 0.05) is 52.9 Å². The zero-order valence-corrected chi connectivity index (χ0v) is 8.84. The Labute approximate surface area is 89.4 Å². The topological polar surface area (TPSA) is 38.7 Å². The van der Waals surface area contributed by atoms with Gasteiger partial charge in [0.15, 0.2) is 3.83 Å². The molecule has 3 nitrogen and oxygen atoms in total. The molecule has 64 valence electrons. The molecule has 13 heavy (non-hydrogen) atoms. The van der Waals surface area contributed by atoms with E-state index in [9.17, 15) is 0 Å². The molecule has 0 aliphatic carbocycles. The van der Waals surface area contributed by atoms with Gasteiger partial charge in [0.25, 0.3) is 0 Å². The molecule has 4 heteroatoms. The van der Waals surface area contributed by atoms with Crippen molar-refractivity contribution in [2.24, 2.45) is 0 Å². The van der Waals surface area contributed by atoms with E-state index in [4.69, 9.17) is 0 Å². The lowest BCUT2D eigenvalue weighted by Gasteiger charge is -1.98. The summed E-state index contributed by atoms with van der Waals surface area (Å²) >= 11 is 2.08. The van der Waals surface area contributed by atoms with E-state index in [2.05, 4.69) is 37.5 Å². The van der Waals surface area contributed by atoms with E-state index in [0.29, 0.717) is 0 Å². The predicted octanol–water partition coefficient (Wildman–Crippen LogP) is 2.14. The van der Waals surface area contributed by atoms with Gasteiger partial charge in [0.1, 0.15) is 0 Å². The van der Waals surface area contributed by atoms with Crippen molar-refractivity contribution < 1.29 is 0 Å². The summed E-state index contributed by atoms with van der Waals surface area (Å²) in [4.78, 5) is 12.2. The highest BCUT2D eigenvalue weighted by atomic mass is 127. The lowest BCUT2D eigenvalue weighted by atomic mass is 10.1. The van der Waals surface area contributed by atoms with Crippen LogP contribution in [0.25, 0.3) is 11.1 Å². The van der Waals surface area contributed by atoms with Crippen LogP contribution in [0.4, 0.5) is 0 Å². The first-order chi connectivity index (χ1) is 6.36. The zero-order chi connectivity index (χ0) is 9.10. The van der Waals surface area contributed by atoms with Gasteiger partial charge in [-0.3, -0.25) is 4.98 Å². The molecule has 0 atom stereocenters. The van der Waals surface area contributed by atoms with Gasteiger partial charge >= 0.3 is 0 Å². The Hall–Kier alpha value is -1.04. The fourth-order valence-corrected chi connectivity index (χ4v) is 1.28. The highest BCUT2D eigenvalue weighted by Gasteiger charge is 1.96. The number of hydrogen-bond acceptors (Lipinski definition) is 3. The summed E-state index contributed by atoms with van der Waals surface area (Å²) in [7, 11) is 0. The second-order valence-corrected chi connectivity index (χ2v) is 3.44. The van der Waals surface area contributed by atoms with Gasteiger partial charge < -0.3 is 0 Å². The molecule has 0 aliphatic rings. The van der Waals surface area contributed by atoms with E-state index in [1.54, 1.807) is 12.4 Å². The normalized spacial score (nSPS) is 9.92. The Bertz CT molecular complexity index is 385. The van der Waals surface area contributed by atoms with E-state index in [1.807, 2.05) is 24.5 Å². The minimum absolute atomic E-state index is 0.760. The highest BCUT2D eigenvalue weighted by Crippen LogP contribution is 2.15. The predicted molar refractivity (Wildman–Crippen MR) is 58.0 cm³/mol. The Morgan fingerprint density at radius 1 is 0.923 bits per heavy atom. The molecule has 0 fully saturated rings. The molecule has 0 radical (unpaired) electrons. The quantitative estimate of drug-likeness (QED) is 0.594. The van der Waals surface area contributed by atoms with Crippen molar-refractivity contribution in [1.29, 1.82) is 0 Å². The van der Waals surface area contributed by atoms with Crippen LogP contribution < -0.4 is 0 Å². The van der Waals surface area contributed by atoms with Crippen LogP contribution in [-0.4, -0.2) is 15.0 Å². The minimum Gasteiger partial charge on any atom is -0.265 e.